The third-order valence-corrected chi connectivity index (χ3v) is 3.40. The molecule has 1 aliphatic heterocycles. The average molecular weight is 345 g/mol. The van der Waals surface area contributed by atoms with Gasteiger partial charge in [0, 0.05) is 13.1 Å². The third kappa shape index (κ3) is 3.83. The molecule has 0 bridgehead atoms. The van der Waals surface area contributed by atoms with Crippen LogP contribution in [0.5, 0.6) is 0 Å². The number of nitrogens with zero attached hydrogens (tertiary/aromatic N) is 1. The zero-order valence-electron chi connectivity index (χ0n) is 11.4. The first-order valence-electron chi connectivity index (χ1n) is 6.42. The van der Waals surface area contributed by atoms with Crippen LogP contribution in [0.4, 0.5) is 0 Å². The molecule has 7 heteroatoms. The Hall–Kier alpha value is -1.34. The van der Waals surface area contributed by atoms with Crippen molar-refractivity contribution in [2.45, 2.75) is 26.1 Å². The Morgan fingerprint density at radius 2 is 2.00 bits per heavy atom. The van der Waals surface area contributed by atoms with Crippen molar-refractivity contribution in [2.75, 3.05) is 19.6 Å². The van der Waals surface area contributed by atoms with E-state index in [1.54, 1.807) is 17.0 Å². The SMILES string of the molecule is C[C@H]1CN(C(=O)CNC(=O)c2ccc(Br)o2)C[C@H](C)O1. The van der Waals surface area contributed by atoms with Crippen molar-refractivity contribution in [2.24, 2.45) is 0 Å². The summed E-state index contributed by atoms with van der Waals surface area (Å²) < 4.78 is 11.2. The van der Waals surface area contributed by atoms with Crippen molar-refractivity contribution in [3.63, 3.8) is 0 Å². The lowest BCUT2D eigenvalue weighted by molar-refractivity contribution is -0.142. The van der Waals surface area contributed by atoms with E-state index in [1.165, 1.54) is 0 Å². The molecule has 1 N–H and O–H groups in total. The van der Waals surface area contributed by atoms with Crippen molar-refractivity contribution in [3.05, 3.63) is 22.6 Å². The van der Waals surface area contributed by atoms with Gasteiger partial charge in [-0.1, -0.05) is 0 Å². The van der Waals surface area contributed by atoms with E-state index < -0.39 is 5.91 Å². The molecule has 0 unspecified atom stereocenters. The van der Waals surface area contributed by atoms with E-state index in [4.69, 9.17) is 9.15 Å². The fourth-order valence-corrected chi connectivity index (χ4v) is 2.48. The Kier molecular flexibility index (Phi) is 4.82. The van der Waals surface area contributed by atoms with E-state index in [0.29, 0.717) is 17.8 Å². The number of morpholine rings is 1. The van der Waals surface area contributed by atoms with Crippen molar-refractivity contribution in [3.8, 4) is 0 Å². The monoisotopic (exact) mass is 344 g/mol. The largest absolute Gasteiger partial charge is 0.444 e. The fourth-order valence-electron chi connectivity index (χ4n) is 2.17. The number of rotatable bonds is 3. The molecule has 2 atom stereocenters. The maximum Gasteiger partial charge on any atom is 0.287 e. The standard InChI is InChI=1S/C13H17BrN2O4/c1-8-6-16(7-9(2)19-8)12(17)5-15-13(18)10-3-4-11(14)20-10/h3-4,8-9H,5-7H2,1-2H3,(H,15,18)/t8-,9-/m0/s1. The molecule has 110 valence electrons. The first-order valence-corrected chi connectivity index (χ1v) is 7.21. The number of halogens is 1. The van der Waals surface area contributed by atoms with Crippen LogP contribution in [-0.2, 0) is 9.53 Å². The molecule has 0 aromatic carbocycles. The van der Waals surface area contributed by atoms with Gasteiger partial charge in [-0.25, -0.2) is 0 Å². The van der Waals surface area contributed by atoms with Crippen LogP contribution < -0.4 is 5.32 Å². The second-order valence-corrected chi connectivity index (χ2v) is 5.62. The van der Waals surface area contributed by atoms with Gasteiger partial charge >= 0.3 is 0 Å². The Labute approximate surface area is 125 Å². The minimum Gasteiger partial charge on any atom is -0.444 e. The number of hydrogen-bond donors (Lipinski definition) is 1. The zero-order chi connectivity index (χ0) is 14.7. The molecular formula is C13H17BrN2O4. The predicted molar refractivity (Wildman–Crippen MR) is 75.3 cm³/mol. The lowest BCUT2D eigenvalue weighted by Gasteiger charge is -2.35. The van der Waals surface area contributed by atoms with Gasteiger partial charge in [-0.05, 0) is 41.9 Å². The molecule has 1 saturated heterocycles. The topological polar surface area (TPSA) is 71.8 Å². The van der Waals surface area contributed by atoms with Gasteiger partial charge in [0.2, 0.25) is 5.91 Å². The highest BCUT2D eigenvalue weighted by Gasteiger charge is 2.26. The molecule has 1 aliphatic rings. The maximum atomic E-state index is 12.0. The molecule has 1 aromatic heterocycles. The normalized spacial score (nSPS) is 22.6. The first kappa shape index (κ1) is 15.1. The molecule has 2 heterocycles. The molecule has 6 nitrogen and oxygen atoms in total. The van der Waals surface area contributed by atoms with Crippen LogP contribution in [0.3, 0.4) is 0 Å². The molecule has 0 saturated carbocycles. The van der Waals surface area contributed by atoms with Crippen LogP contribution in [0.1, 0.15) is 24.4 Å². The predicted octanol–water partition coefficient (Wildman–Crippen LogP) is 1.41. The van der Waals surface area contributed by atoms with E-state index in [-0.39, 0.29) is 30.4 Å². The molecule has 0 radical (unpaired) electrons. The van der Waals surface area contributed by atoms with E-state index in [0.717, 1.165) is 0 Å². The zero-order valence-corrected chi connectivity index (χ0v) is 13.0. The minimum atomic E-state index is -0.404. The Morgan fingerprint density at radius 1 is 1.35 bits per heavy atom. The van der Waals surface area contributed by atoms with Gasteiger partial charge in [-0.2, -0.15) is 0 Å². The summed E-state index contributed by atoms with van der Waals surface area (Å²) in [6, 6.07) is 3.17. The van der Waals surface area contributed by atoms with Gasteiger partial charge in [0.15, 0.2) is 10.4 Å². The average Bonchev–Trinajstić information content (AvgIpc) is 2.81. The van der Waals surface area contributed by atoms with Gasteiger partial charge in [0.25, 0.3) is 5.91 Å². The molecule has 0 aliphatic carbocycles. The van der Waals surface area contributed by atoms with Crippen LogP contribution in [-0.4, -0.2) is 48.6 Å². The summed E-state index contributed by atoms with van der Waals surface area (Å²) in [7, 11) is 0. The fraction of sp³-hybridized carbons (Fsp3) is 0.538. The number of carbonyl (C=O) groups is 2. The highest BCUT2D eigenvalue weighted by atomic mass is 79.9. The number of hydrogen-bond acceptors (Lipinski definition) is 4. The number of ether oxygens (including phenoxy) is 1. The molecule has 2 rings (SSSR count). The molecule has 2 amide bonds. The Morgan fingerprint density at radius 3 is 2.55 bits per heavy atom. The summed E-state index contributed by atoms with van der Waals surface area (Å²) in [5.74, 6) is -0.349. The lowest BCUT2D eigenvalue weighted by atomic mass is 10.2. The molecule has 20 heavy (non-hydrogen) atoms. The van der Waals surface area contributed by atoms with Crippen LogP contribution >= 0.6 is 15.9 Å². The van der Waals surface area contributed by atoms with Gasteiger partial charge in [0.05, 0.1) is 18.8 Å². The number of furan rings is 1. The Balaban J connectivity index is 1.84. The smallest absolute Gasteiger partial charge is 0.287 e. The number of carbonyl (C=O) groups excluding carboxylic acids is 2. The van der Waals surface area contributed by atoms with Crippen LogP contribution in [0.2, 0.25) is 0 Å². The summed E-state index contributed by atoms with van der Waals surface area (Å²) in [5, 5.41) is 2.55. The van der Waals surface area contributed by atoms with Crippen molar-refractivity contribution < 1.29 is 18.7 Å². The van der Waals surface area contributed by atoms with E-state index in [1.807, 2.05) is 13.8 Å². The van der Waals surface area contributed by atoms with Gasteiger partial charge in [-0.3, -0.25) is 9.59 Å². The second kappa shape index (κ2) is 6.41. The maximum absolute atomic E-state index is 12.0. The summed E-state index contributed by atoms with van der Waals surface area (Å²) in [6.07, 6.45) is 0.0267. The summed E-state index contributed by atoms with van der Waals surface area (Å²) in [6.45, 7) is 4.90. The summed E-state index contributed by atoms with van der Waals surface area (Å²) in [4.78, 5) is 25.5. The summed E-state index contributed by atoms with van der Waals surface area (Å²) in [5.41, 5.74) is 0. The number of nitrogens with one attached hydrogen (secondary N) is 1. The minimum absolute atomic E-state index is 0.0134. The quantitative estimate of drug-likeness (QED) is 0.899. The Bertz CT molecular complexity index is 492. The highest BCUT2D eigenvalue weighted by molar-refractivity contribution is 9.10. The van der Waals surface area contributed by atoms with Gasteiger partial charge in [-0.15, -0.1) is 0 Å². The van der Waals surface area contributed by atoms with Crippen LogP contribution in [0.15, 0.2) is 21.2 Å². The van der Waals surface area contributed by atoms with E-state index in [2.05, 4.69) is 21.2 Å². The van der Waals surface area contributed by atoms with E-state index >= 15 is 0 Å². The molecular weight excluding hydrogens is 328 g/mol. The lowest BCUT2D eigenvalue weighted by Crippen LogP contribution is -2.51. The van der Waals surface area contributed by atoms with Gasteiger partial charge in [0.1, 0.15) is 0 Å². The van der Waals surface area contributed by atoms with Crippen molar-refractivity contribution in [1.82, 2.24) is 10.2 Å². The highest BCUT2D eigenvalue weighted by Crippen LogP contribution is 2.14. The van der Waals surface area contributed by atoms with Crippen LogP contribution in [0, 0.1) is 0 Å². The van der Waals surface area contributed by atoms with E-state index in [9.17, 15) is 9.59 Å². The summed E-state index contributed by atoms with van der Waals surface area (Å²) >= 11 is 3.12. The van der Waals surface area contributed by atoms with Crippen LogP contribution in [0.25, 0.3) is 0 Å². The van der Waals surface area contributed by atoms with Gasteiger partial charge < -0.3 is 19.4 Å². The second-order valence-electron chi connectivity index (χ2n) is 4.84. The molecule has 1 aromatic rings. The first-order chi connectivity index (χ1) is 9.45. The number of amides is 2. The molecule has 1 fully saturated rings. The molecule has 0 spiro atoms. The van der Waals surface area contributed by atoms with Crippen molar-refractivity contribution >= 4 is 27.7 Å². The van der Waals surface area contributed by atoms with Crippen molar-refractivity contribution in [1.29, 1.82) is 0 Å². The third-order valence-electron chi connectivity index (χ3n) is 2.97.